The van der Waals surface area contributed by atoms with Gasteiger partial charge in [-0.3, -0.25) is 4.79 Å². The van der Waals surface area contributed by atoms with Crippen molar-refractivity contribution < 1.29 is 4.79 Å². The Labute approximate surface area is 121 Å². The molecule has 0 aromatic heterocycles. The molecule has 1 amide bonds. The maximum absolute atomic E-state index is 12.8. The lowest BCUT2D eigenvalue weighted by atomic mass is 9.78. The minimum absolute atomic E-state index is 0.118. The summed E-state index contributed by atoms with van der Waals surface area (Å²) in [5, 5.41) is 0. The maximum atomic E-state index is 12.8. The summed E-state index contributed by atoms with van der Waals surface area (Å²) in [5.41, 5.74) is 7.13. The number of nitrogens with two attached hydrogens (primary N) is 1. The van der Waals surface area contributed by atoms with E-state index in [1.807, 2.05) is 30.3 Å². The number of fused-ring (bicyclic) bond motifs is 1. The van der Waals surface area contributed by atoms with Gasteiger partial charge in [0.1, 0.15) is 6.04 Å². The zero-order chi connectivity index (χ0) is 13.9. The molecule has 0 unspecified atom stereocenters. The topological polar surface area (TPSA) is 46.3 Å². The summed E-state index contributed by atoms with van der Waals surface area (Å²) in [6.07, 6.45) is 7.45. The molecule has 3 rings (SSSR count). The van der Waals surface area contributed by atoms with Crippen molar-refractivity contribution in [3.63, 3.8) is 0 Å². The van der Waals surface area contributed by atoms with E-state index in [4.69, 9.17) is 5.73 Å². The van der Waals surface area contributed by atoms with Crippen LogP contribution in [0.3, 0.4) is 0 Å². The second-order valence-corrected chi connectivity index (χ2v) is 6.17. The van der Waals surface area contributed by atoms with E-state index in [0.717, 1.165) is 24.9 Å². The van der Waals surface area contributed by atoms with Crippen molar-refractivity contribution in [3.8, 4) is 0 Å². The Balaban J connectivity index is 1.75. The standard InChI is InChI=1S/C17H24N2O/c18-16(14-8-2-1-3-9-14)17(20)19-12-6-10-13-7-4-5-11-15(13)19/h1-3,8-9,13,15-16H,4-7,10-12,18H2/t13-,15-,16+/m1/s1. The molecule has 2 fully saturated rings. The van der Waals surface area contributed by atoms with Gasteiger partial charge in [0.2, 0.25) is 5.91 Å². The molecular formula is C17H24N2O. The van der Waals surface area contributed by atoms with Crippen molar-refractivity contribution in [2.75, 3.05) is 6.54 Å². The number of carbonyl (C=O) groups is 1. The smallest absolute Gasteiger partial charge is 0.244 e. The summed E-state index contributed by atoms with van der Waals surface area (Å²) in [7, 11) is 0. The Morgan fingerprint density at radius 1 is 1.10 bits per heavy atom. The molecule has 2 N–H and O–H groups in total. The fourth-order valence-electron chi connectivity index (χ4n) is 3.88. The lowest BCUT2D eigenvalue weighted by Crippen LogP contribution is -2.52. The SMILES string of the molecule is N[C@H](C(=O)N1CCC[C@H]2CCCC[C@H]21)c1ccccc1. The van der Waals surface area contributed by atoms with E-state index in [2.05, 4.69) is 4.90 Å². The largest absolute Gasteiger partial charge is 0.338 e. The minimum Gasteiger partial charge on any atom is -0.338 e. The van der Waals surface area contributed by atoms with Crippen molar-refractivity contribution in [3.05, 3.63) is 35.9 Å². The molecule has 1 saturated heterocycles. The first-order chi connectivity index (χ1) is 9.77. The Morgan fingerprint density at radius 3 is 2.60 bits per heavy atom. The monoisotopic (exact) mass is 272 g/mol. The molecule has 3 nitrogen and oxygen atoms in total. The number of hydrogen-bond acceptors (Lipinski definition) is 2. The first-order valence-electron chi connectivity index (χ1n) is 7.88. The van der Waals surface area contributed by atoms with E-state index in [0.29, 0.717) is 12.0 Å². The predicted molar refractivity (Wildman–Crippen MR) is 80.1 cm³/mol. The van der Waals surface area contributed by atoms with Gasteiger partial charge in [0.15, 0.2) is 0 Å². The van der Waals surface area contributed by atoms with E-state index in [1.54, 1.807) is 0 Å². The second kappa shape index (κ2) is 5.96. The Kier molecular flexibility index (Phi) is 4.06. The van der Waals surface area contributed by atoms with Crippen LogP contribution in [0, 0.1) is 5.92 Å². The van der Waals surface area contributed by atoms with Crippen LogP contribution in [0.5, 0.6) is 0 Å². The van der Waals surface area contributed by atoms with E-state index in [1.165, 1.54) is 25.7 Å². The molecule has 20 heavy (non-hydrogen) atoms. The zero-order valence-electron chi connectivity index (χ0n) is 12.0. The van der Waals surface area contributed by atoms with Crippen molar-refractivity contribution in [1.82, 2.24) is 4.90 Å². The van der Waals surface area contributed by atoms with Gasteiger partial charge < -0.3 is 10.6 Å². The van der Waals surface area contributed by atoms with Gasteiger partial charge in [0, 0.05) is 12.6 Å². The van der Waals surface area contributed by atoms with Crippen LogP contribution in [0.15, 0.2) is 30.3 Å². The van der Waals surface area contributed by atoms with Crippen LogP contribution in [0.25, 0.3) is 0 Å². The molecule has 108 valence electrons. The predicted octanol–water partition coefficient (Wildman–Crippen LogP) is 2.87. The quantitative estimate of drug-likeness (QED) is 0.900. The summed E-state index contributed by atoms with van der Waals surface area (Å²) >= 11 is 0. The zero-order valence-corrected chi connectivity index (χ0v) is 12.0. The van der Waals surface area contributed by atoms with E-state index >= 15 is 0 Å². The third kappa shape index (κ3) is 2.59. The molecule has 3 atom stereocenters. The molecule has 2 aliphatic rings. The highest BCUT2D eigenvalue weighted by Crippen LogP contribution is 2.36. The van der Waals surface area contributed by atoms with Crippen LogP contribution in [-0.2, 0) is 4.79 Å². The molecule has 1 aliphatic carbocycles. The number of benzene rings is 1. The van der Waals surface area contributed by atoms with Gasteiger partial charge in [-0.25, -0.2) is 0 Å². The van der Waals surface area contributed by atoms with Gasteiger partial charge in [-0.2, -0.15) is 0 Å². The molecule has 1 heterocycles. The average molecular weight is 272 g/mol. The highest BCUT2D eigenvalue weighted by molar-refractivity contribution is 5.83. The van der Waals surface area contributed by atoms with Crippen molar-refractivity contribution in [2.45, 2.75) is 50.6 Å². The normalized spacial score (nSPS) is 27.8. The Morgan fingerprint density at radius 2 is 1.80 bits per heavy atom. The first-order valence-corrected chi connectivity index (χ1v) is 7.88. The van der Waals surface area contributed by atoms with Gasteiger partial charge in [-0.05, 0) is 37.2 Å². The number of hydrogen-bond donors (Lipinski definition) is 1. The summed E-state index contributed by atoms with van der Waals surface area (Å²) in [5.74, 6) is 0.831. The lowest BCUT2D eigenvalue weighted by molar-refractivity contribution is -0.139. The van der Waals surface area contributed by atoms with Crippen LogP contribution in [-0.4, -0.2) is 23.4 Å². The molecule has 0 radical (unpaired) electrons. The molecule has 1 saturated carbocycles. The molecule has 3 heteroatoms. The van der Waals surface area contributed by atoms with Gasteiger partial charge in [-0.15, -0.1) is 0 Å². The van der Waals surface area contributed by atoms with Crippen molar-refractivity contribution >= 4 is 5.91 Å². The lowest BCUT2D eigenvalue weighted by Gasteiger charge is -2.45. The summed E-state index contributed by atoms with van der Waals surface area (Å²) in [6.45, 7) is 0.889. The number of nitrogens with zero attached hydrogens (tertiary/aromatic N) is 1. The highest BCUT2D eigenvalue weighted by Gasteiger charge is 2.37. The average Bonchev–Trinajstić information content (AvgIpc) is 2.54. The summed E-state index contributed by atoms with van der Waals surface area (Å²) in [6, 6.07) is 9.69. The van der Waals surface area contributed by atoms with Crippen molar-refractivity contribution in [1.29, 1.82) is 0 Å². The van der Waals surface area contributed by atoms with Gasteiger partial charge >= 0.3 is 0 Å². The third-order valence-corrected chi connectivity index (χ3v) is 4.95. The minimum atomic E-state index is -0.503. The van der Waals surface area contributed by atoms with Crippen LogP contribution in [0.2, 0.25) is 0 Å². The van der Waals surface area contributed by atoms with Gasteiger partial charge in [0.25, 0.3) is 0 Å². The van der Waals surface area contributed by atoms with E-state index in [9.17, 15) is 4.79 Å². The molecular weight excluding hydrogens is 248 g/mol. The van der Waals surface area contributed by atoms with Crippen LogP contribution < -0.4 is 5.73 Å². The molecule has 0 spiro atoms. The Bertz CT molecular complexity index is 457. The van der Waals surface area contributed by atoms with Crippen molar-refractivity contribution in [2.24, 2.45) is 11.7 Å². The number of likely N-dealkylation sites (tertiary alicyclic amines) is 1. The third-order valence-electron chi connectivity index (χ3n) is 4.95. The summed E-state index contributed by atoms with van der Waals surface area (Å²) < 4.78 is 0. The number of carbonyl (C=O) groups excluding carboxylic acids is 1. The fraction of sp³-hybridized carbons (Fsp3) is 0.588. The van der Waals surface area contributed by atoms with Crippen LogP contribution in [0.1, 0.15) is 50.1 Å². The first kappa shape index (κ1) is 13.6. The van der Waals surface area contributed by atoms with Gasteiger partial charge in [0.05, 0.1) is 0 Å². The Hall–Kier alpha value is -1.35. The highest BCUT2D eigenvalue weighted by atomic mass is 16.2. The maximum Gasteiger partial charge on any atom is 0.244 e. The number of piperidine rings is 1. The summed E-state index contributed by atoms with van der Waals surface area (Å²) in [4.78, 5) is 14.8. The fourth-order valence-corrected chi connectivity index (χ4v) is 3.88. The molecule has 0 bridgehead atoms. The van der Waals surface area contributed by atoms with E-state index in [-0.39, 0.29) is 5.91 Å². The second-order valence-electron chi connectivity index (χ2n) is 6.17. The van der Waals surface area contributed by atoms with Gasteiger partial charge in [-0.1, -0.05) is 43.2 Å². The van der Waals surface area contributed by atoms with E-state index < -0.39 is 6.04 Å². The molecule has 1 aliphatic heterocycles. The molecule has 1 aromatic rings. The number of amides is 1. The van der Waals surface area contributed by atoms with Crippen LogP contribution in [0.4, 0.5) is 0 Å². The molecule has 1 aromatic carbocycles. The van der Waals surface area contributed by atoms with Crippen LogP contribution >= 0.6 is 0 Å². The number of rotatable bonds is 2.